The van der Waals surface area contributed by atoms with Crippen LogP contribution in [0.3, 0.4) is 0 Å². The standard InChI is InChI=1S/C29H29NO3.ClH/c1-30-16-2-3-23(30)19-33-26-12-4-20(5-13-26)17-29-27(21-6-9-24(31)10-7-21)14-8-22-18-25(32)11-15-28(22)29;/h4-15,18,23,31-32H,2-3,16-17,19H2,1H3;1H. The molecule has 5 heteroatoms. The highest BCUT2D eigenvalue weighted by Gasteiger charge is 2.21. The molecule has 4 aromatic carbocycles. The van der Waals surface area contributed by atoms with Crippen molar-refractivity contribution in [2.75, 3.05) is 20.2 Å². The van der Waals surface area contributed by atoms with Gasteiger partial charge in [0.05, 0.1) is 0 Å². The molecule has 1 atom stereocenters. The lowest BCUT2D eigenvalue weighted by Crippen LogP contribution is -2.30. The second-order valence-corrected chi connectivity index (χ2v) is 8.95. The minimum absolute atomic E-state index is 0. The van der Waals surface area contributed by atoms with Crippen LogP contribution < -0.4 is 4.74 Å². The van der Waals surface area contributed by atoms with Gasteiger partial charge in [0.2, 0.25) is 0 Å². The molecule has 1 saturated heterocycles. The summed E-state index contributed by atoms with van der Waals surface area (Å²) in [7, 11) is 2.17. The molecule has 176 valence electrons. The molecule has 0 spiro atoms. The molecule has 34 heavy (non-hydrogen) atoms. The van der Waals surface area contributed by atoms with Crippen LogP contribution in [-0.4, -0.2) is 41.4 Å². The van der Waals surface area contributed by atoms with Gasteiger partial charge in [-0.25, -0.2) is 0 Å². The summed E-state index contributed by atoms with van der Waals surface area (Å²) in [5.41, 5.74) is 4.57. The van der Waals surface area contributed by atoms with Crippen LogP contribution in [0.25, 0.3) is 21.9 Å². The zero-order valence-electron chi connectivity index (χ0n) is 19.3. The van der Waals surface area contributed by atoms with Crippen LogP contribution in [0.5, 0.6) is 17.2 Å². The van der Waals surface area contributed by atoms with Crippen LogP contribution >= 0.6 is 12.4 Å². The molecule has 0 radical (unpaired) electrons. The third-order valence-electron chi connectivity index (χ3n) is 6.71. The number of phenols is 2. The molecule has 1 unspecified atom stereocenters. The van der Waals surface area contributed by atoms with E-state index >= 15 is 0 Å². The van der Waals surface area contributed by atoms with Gasteiger partial charge < -0.3 is 19.8 Å². The Balaban J connectivity index is 0.00000274. The Morgan fingerprint density at radius 2 is 1.62 bits per heavy atom. The van der Waals surface area contributed by atoms with Gasteiger partial charge in [-0.2, -0.15) is 0 Å². The van der Waals surface area contributed by atoms with E-state index < -0.39 is 0 Å². The summed E-state index contributed by atoms with van der Waals surface area (Å²) in [5.74, 6) is 1.42. The molecule has 0 saturated carbocycles. The number of ether oxygens (including phenoxy) is 1. The van der Waals surface area contributed by atoms with E-state index in [2.05, 4.69) is 42.3 Å². The quantitative estimate of drug-likeness (QED) is 0.338. The Kier molecular flexibility index (Phi) is 7.30. The van der Waals surface area contributed by atoms with Crippen molar-refractivity contribution < 1.29 is 14.9 Å². The van der Waals surface area contributed by atoms with E-state index in [1.807, 2.05) is 24.3 Å². The Morgan fingerprint density at radius 1 is 0.882 bits per heavy atom. The van der Waals surface area contributed by atoms with Crippen molar-refractivity contribution in [1.29, 1.82) is 0 Å². The van der Waals surface area contributed by atoms with Gasteiger partial charge in [-0.15, -0.1) is 12.4 Å². The van der Waals surface area contributed by atoms with Crippen molar-refractivity contribution in [2.45, 2.75) is 25.3 Å². The van der Waals surface area contributed by atoms with E-state index in [1.165, 1.54) is 24.0 Å². The van der Waals surface area contributed by atoms with E-state index in [4.69, 9.17) is 4.74 Å². The molecular formula is C29H30ClNO3. The SMILES string of the molecule is CN1CCCC1COc1ccc(Cc2c(-c3ccc(O)cc3)ccc3cc(O)ccc23)cc1.Cl. The minimum Gasteiger partial charge on any atom is -0.508 e. The van der Waals surface area contributed by atoms with Gasteiger partial charge in [0.15, 0.2) is 0 Å². The molecule has 2 N–H and O–H groups in total. The lowest BCUT2D eigenvalue weighted by Gasteiger charge is -2.19. The number of hydrogen-bond acceptors (Lipinski definition) is 4. The first-order chi connectivity index (χ1) is 16.1. The van der Waals surface area contributed by atoms with Crippen LogP contribution in [0.2, 0.25) is 0 Å². The first kappa shape index (κ1) is 23.9. The van der Waals surface area contributed by atoms with Crippen molar-refractivity contribution in [3.05, 3.63) is 90.0 Å². The lowest BCUT2D eigenvalue weighted by atomic mass is 9.90. The number of aromatic hydroxyl groups is 2. The van der Waals surface area contributed by atoms with Crippen LogP contribution in [-0.2, 0) is 6.42 Å². The fraction of sp³-hybridized carbons (Fsp3) is 0.241. The number of likely N-dealkylation sites (tertiary alicyclic amines) is 1. The van der Waals surface area contributed by atoms with Gasteiger partial charge in [-0.3, -0.25) is 0 Å². The van der Waals surface area contributed by atoms with Gasteiger partial charge >= 0.3 is 0 Å². The highest BCUT2D eigenvalue weighted by Crippen LogP contribution is 2.34. The molecule has 0 aromatic heterocycles. The molecule has 4 nitrogen and oxygen atoms in total. The number of nitrogens with zero attached hydrogens (tertiary/aromatic N) is 1. The Bertz CT molecular complexity index is 1260. The highest BCUT2D eigenvalue weighted by atomic mass is 35.5. The number of benzene rings is 4. The zero-order valence-corrected chi connectivity index (χ0v) is 20.1. The number of fused-ring (bicyclic) bond motifs is 1. The van der Waals surface area contributed by atoms with Crippen molar-refractivity contribution >= 4 is 23.2 Å². The van der Waals surface area contributed by atoms with E-state index in [9.17, 15) is 10.2 Å². The third-order valence-corrected chi connectivity index (χ3v) is 6.71. The molecule has 5 rings (SSSR count). The monoisotopic (exact) mass is 475 g/mol. The second-order valence-electron chi connectivity index (χ2n) is 8.95. The predicted molar refractivity (Wildman–Crippen MR) is 140 cm³/mol. The van der Waals surface area contributed by atoms with Crippen LogP contribution in [0.15, 0.2) is 78.9 Å². The number of phenolic OH excluding ortho intramolecular Hbond substituents is 2. The van der Waals surface area contributed by atoms with E-state index in [0.717, 1.165) is 47.2 Å². The summed E-state index contributed by atoms with van der Waals surface area (Å²) in [5, 5.41) is 21.8. The van der Waals surface area contributed by atoms with Crippen molar-refractivity contribution in [3.8, 4) is 28.4 Å². The second kappa shape index (κ2) is 10.4. The van der Waals surface area contributed by atoms with E-state index in [0.29, 0.717) is 6.04 Å². The summed E-state index contributed by atoms with van der Waals surface area (Å²) < 4.78 is 6.06. The highest BCUT2D eigenvalue weighted by molar-refractivity contribution is 5.93. The molecule has 0 aliphatic carbocycles. The van der Waals surface area contributed by atoms with Gasteiger partial charge in [-0.05, 0) is 102 Å². The molecule has 1 heterocycles. The summed E-state index contributed by atoms with van der Waals surface area (Å²) in [6.07, 6.45) is 3.20. The largest absolute Gasteiger partial charge is 0.508 e. The summed E-state index contributed by atoms with van der Waals surface area (Å²) in [4.78, 5) is 2.37. The fourth-order valence-corrected chi connectivity index (χ4v) is 4.77. The molecule has 0 amide bonds. The number of halogens is 1. The van der Waals surface area contributed by atoms with Gasteiger partial charge in [-0.1, -0.05) is 42.5 Å². The molecule has 1 aliphatic rings. The average Bonchev–Trinajstić information content (AvgIpc) is 3.24. The summed E-state index contributed by atoms with van der Waals surface area (Å²) in [6, 6.07) is 25.9. The molecule has 1 aliphatic heterocycles. The topological polar surface area (TPSA) is 52.9 Å². The number of hydrogen-bond donors (Lipinski definition) is 2. The summed E-state index contributed by atoms with van der Waals surface area (Å²) >= 11 is 0. The smallest absolute Gasteiger partial charge is 0.119 e. The maximum Gasteiger partial charge on any atom is 0.119 e. The fourth-order valence-electron chi connectivity index (χ4n) is 4.77. The average molecular weight is 476 g/mol. The molecule has 0 bridgehead atoms. The van der Waals surface area contributed by atoms with Crippen molar-refractivity contribution in [3.63, 3.8) is 0 Å². The van der Waals surface area contributed by atoms with Crippen LogP contribution in [0, 0.1) is 0 Å². The van der Waals surface area contributed by atoms with E-state index in [1.54, 1.807) is 24.3 Å². The predicted octanol–water partition coefficient (Wildman–Crippen LogP) is 6.40. The summed E-state index contributed by atoms with van der Waals surface area (Å²) in [6.45, 7) is 1.88. The van der Waals surface area contributed by atoms with E-state index in [-0.39, 0.29) is 23.9 Å². The maximum atomic E-state index is 9.96. The maximum absolute atomic E-state index is 9.96. The van der Waals surface area contributed by atoms with Crippen molar-refractivity contribution in [2.24, 2.45) is 0 Å². The van der Waals surface area contributed by atoms with Crippen LogP contribution in [0.4, 0.5) is 0 Å². The zero-order chi connectivity index (χ0) is 22.8. The molecular weight excluding hydrogens is 446 g/mol. The first-order valence-corrected chi connectivity index (χ1v) is 11.5. The van der Waals surface area contributed by atoms with Crippen molar-refractivity contribution in [1.82, 2.24) is 4.90 Å². The molecule has 1 fully saturated rings. The Hall–Kier alpha value is -3.21. The minimum atomic E-state index is 0. The van der Waals surface area contributed by atoms with Gasteiger partial charge in [0, 0.05) is 6.04 Å². The number of rotatable bonds is 6. The van der Waals surface area contributed by atoms with Crippen LogP contribution in [0.1, 0.15) is 24.0 Å². The van der Waals surface area contributed by atoms with Gasteiger partial charge in [0.1, 0.15) is 23.9 Å². The van der Waals surface area contributed by atoms with Gasteiger partial charge in [0.25, 0.3) is 0 Å². The molecule has 4 aromatic rings. The first-order valence-electron chi connectivity index (χ1n) is 11.5. The lowest BCUT2D eigenvalue weighted by molar-refractivity contribution is 0.198. The Morgan fingerprint density at radius 3 is 2.32 bits per heavy atom. The normalized spacial score (nSPS) is 15.9. The third kappa shape index (κ3) is 5.14. The Labute approximate surface area is 206 Å². The number of likely N-dealkylation sites (N-methyl/N-ethyl adjacent to an activating group) is 1.